The molecule has 0 saturated heterocycles. The van der Waals surface area contributed by atoms with Gasteiger partial charge in [-0.05, 0) is 12.7 Å². The van der Waals surface area contributed by atoms with Gasteiger partial charge < -0.3 is 0 Å². The first-order valence-corrected chi connectivity index (χ1v) is 4.68. The van der Waals surface area contributed by atoms with Crippen molar-refractivity contribution in [2.75, 3.05) is 5.75 Å². The highest BCUT2D eigenvalue weighted by molar-refractivity contribution is 8.00. The highest BCUT2D eigenvalue weighted by atomic mass is 32.2. The minimum absolute atomic E-state index is 1.12. The fourth-order valence-electron chi connectivity index (χ4n) is 0.524. The van der Waals surface area contributed by atoms with Crippen LogP contribution in [0, 0.1) is 6.92 Å². The van der Waals surface area contributed by atoms with E-state index in [0.29, 0.717) is 0 Å². The number of nitrogens with zero attached hydrogens (tertiary/aromatic N) is 1. The number of aromatic nitrogens is 1. The van der Waals surface area contributed by atoms with Gasteiger partial charge in [0, 0.05) is 11.1 Å². The molecule has 0 aliphatic heterocycles. The summed E-state index contributed by atoms with van der Waals surface area (Å²) in [6.45, 7) is 4.22. The van der Waals surface area contributed by atoms with Crippen LogP contribution in [0.25, 0.3) is 0 Å². The topological polar surface area (TPSA) is 12.9 Å². The lowest BCUT2D eigenvalue weighted by Crippen LogP contribution is -1.65. The summed E-state index contributed by atoms with van der Waals surface area (Å²) in [5, 5.41) is 0. The van der Waals surface area contributed by atoms with E-state index in [1.165, 1.54) is 9.22 Å². The first kappa shape index (κ1) is 7.09. The molecule has 9 heavy (non-hydrogen) atoms. The standard InChI is InChI=1S/C6H9NS2/c1-3-8-6-7-4-5(2)9-6/h4H,3H2,1-2H3. The Morgan fingerprint density at radius 2 is 2.56 bits per heavy atom. The van der Waals surface area contributed by atoms with Crippen LogP contribution >= 0.6 is 23.1 Å². The minimum atomic E-state index is 1.12. The average molecular weight is 159 g/mol. The largest absolute Gasteiger partial charge is 0.238 e. The summed E-state index contributed by atoms with van der Waals surface area (Å²) < 4.78 is 1.19. The van der Waals surface area contributed by atoms with Gasteiger partial charge in [-0.15, -0.1) is 11.3 Å². The Balaban J connectivity index is 2.61. The quantitative estimate of drug-likeness (QED) is 0.615. The van der Waals surface area contributed by atoms with E-state index < -0.39 is 0 Å². The molecule has 0 saturated carbocycles. The number of rotatable bonds is 2. The fraction of sp³-hybridized carbons (Fsp3) is 0.500. The van der Waals surface area contributed by atoms with Crippen LogP contribution in [0.15, 0.2) is 10.5 Å². The summed E-state index contributed by atoms with van der Waals surface area (Å²) in [6.07, 6.45) is 1.92. The maximum Gasteiger partial charge on any atom is 0.150 e. The molecule has 0 amide bonds. The van der Waals surface area contributed by atoms with Crippen LogP contribution in [0.4, 0.5) is 0 Å². The minimum Gasteiger partial charge on any atom is -0.238 e. The molecule has 0 bridgehead atoms. The SMILES string of the molecule is CCSc1ncc(C)s1. The number of aryl methyl sites for hydroxylation is 1. The van der Waals surface area contributed by atoms with Crippen molar-refractivity contribution in [3.8, 4) is 0 Å². The van der Waals surface area contributed by atoms with E-state index in [2.05, 4.69) is 18.8 Å². The summed E-state index contributed by atoms with van der Waals surface area (Å²) in [5.41, 5.74) is 0. The van der Waals surface area contributed by atoms with Crippen molar-refractivity contribution < 1.29 is 0 Å². The molecule has 0 aliphatic rings. The maximum absolute atomic E-state index is 4.19. The maximum atomic E-state index is 4.19. The van der Waals surface area contributed by atoms with Gasteiger partial charge in [0.2, 0.25) is 0 Å². The average Bonchev–Trinajstić information content (AvgIpc) is 2.17. The summed E-state index contributed by atoms with van der Waals surface area (Å²) >= 11 is 3.57. The third-order valence-electron chi connectivity index (χ3n) is 0.868. The molecule has 0 spiro atoms. The molecule has 1 nitrogen and oxygen atoms in total. The van der Waals surface area contributed by atoms with Crippen LogP contribution in [0.2, 0.25) is 0 Å². The normalized spacial score (nSPS) is 10.0. The van der Waals surface area contributed by atoms with Gasteiger partial charge in [-0.3, -0.25) is 0 Å². The molecule has 1 aromatic heterocycles. The van der Waals surface area contributed by atoms with E-state index in [1.54, 1.807) is 23.1 Å². The lowest BCUT2D eigenvalue weighted by atomic mass is 10.7. The van der Waals surface area contributed by atoms with Gasteiger partial charge in [0.15, 0.2) is 0 Å². The van der Waals surface area contributed by atoms with E-state index in [-0.39, 0.29) is 0 Å². The predicted molar refractivity (Wildman–Crippen MR) is 43.2 cm³/mol. The van der Waals surface area contributed by atoms with Crippen molar-refractivity contribution in [2.24, 2.45) is 0 Å². The zero-order valence-corrected chi connectivity index (χ0v) is 7.18. The second-order valence-corrected chi connectivity index (χ2v) is 4.42. The molecule has 50 valence electrons. The third-order valence-corrected chi connectivity index (χ3v) is 2.82. The van der Waals surface area contributed by atoms with Crippen LogP contribution in [0.5, 0.6) is 0 Å². The highest BCUT2D eigenvalue weighted by Crippen LogP contribution is 2.22. The van der Waals surface area contributed by atoms with Gasteiger partial charge in [0.05, 0.1) is 0 Å². The molecule has 1 aromatic rings. The summed E-state index contributed by atoms with van der Waals surface area (Å²) in [4.78, 5) is 5.48. The predicted octanol–water partition coefficient (Wildman–Crippen LogP) is 2.56. The van der Waals surface area contributed by atoms with Crippen LogP contribution < -0.4 is 0 Å². The Morgan fingerprint density at radius 1 is 1.78 bits per heavy atom. The lowest BCUT2D eigenvalue weighted by Gasteiger charge is -1.84. The smallest absolute Gasteiger partial charge is 0.150 e. The van der Waals surface area contributed by atoms with Gasteiger partial charge in [0.25, 0.3) is 0 Å². The van der Waals surface area contributed by atoms with Crippen LogP contribution in [-0.4, -0.2) is 10.7 Å². The molecule has 0 aliphatic carbocycles. The molecule has 0 N–H and O–H groups in total. The van der Waals surface area contributed by atoms with Crippen molar-refractivity contribution in [3.63, 3.8) is 0 Å². The Hall–Kier alpha value is -0.0200. The van der Waals surface area contributed by atoms with Crippen molar-refractivity contribution >= 4 is 23.1 Å². The first-order valence-electron chi connectivity index (χ1n) is 2.88. The Bertz CT molecular complexity index is 183. The second kappa shape index (κ2) is 3.22. The van der Waals surface area contributed by atoms with E-state index in [0.717, 1.165) is 5.75 Å². The fourth-order valence-corrected chi connectivity index (χ4v) is 2.37. The molecule has 0 atom stereocenters. The molecular formula is C6H9NS2. The van der Waals surface area contributed by atoms with Crippen LogP contribution in [-0.2, 0) is 0 Å². The summed E-state index contributed by atoms with van der Waals surface area (Å²) in [6, 6.07) is 0. The van der Waals surface area contributed by atoms with E-state index in [4.69, 9.17) is 0 Å². The van der Waals surface area contributed by atoms with Gasteiger partial charge in [-0.2, -0.15) is 0 Å². The van der Waals surface area contributed by atoms with E-state index >= 15 is 0 Å². The Kier molecular flexibility index (Phi) is 2.54. The van der Waals surface area contributed by atoms with Crippen LogP contribution in [0.3, 0.4) is 0 Å². The van der Waals surface area contributed by atoms with Gasteiger partial charge in [-0.1, -0.05) is 18.7 Å². The van der Waals surface area contributed by atoms with E-state index in [9.17, 15) is 0 Å². The molecule has 1 rings (SSSR count). The first-order chi connectivity index (χ1) is 4.33. The van der Waals surface area contributed by atoms with Crippen LogP contribution in [0.1, 0.15) is 11.8 Å². The van der Waals surface area contributed by atoms with Crippen molar-refractivity contribution in [2.45, 2.75) is 18.2 Å². The summed E-state index contributed by atoms with van der Waals surface area (Å²) in [5.74, 6) is 1.12. The number of hydrogen-bond acceptors (Lipinski definition) is 3. The number of thioether (sulfide) groups is 1. The molecule has 0 fully saturated rings. The third kappa shape index (κ3) is 1.99. The van der Waals surface area contributed by atoms with E-state index in [1.807, 2.05) is 6.20 Å². The molecule has 0 radical (unpaired) electrons. The molecular weight excluding hydrogens is 150 g/mol. The Labute approximate surface area is 63.5 Å². The second-order valence-electron chi connectivity index (χ2n) is 1.67. The highest BCUT2D eigenvalue weighted by Gasteiger charge is 1.94. The molecule has 0 aromatic carbocycles. The van der Waals surface area contributed by atoms with Gasteiger partial charge >= 0.3 is 0 Å². The van der Waals surface area contributed by atoms with Crippen molar-refractivity contribution in [3.05, 3.63) is 11.1 Å². The van der Waals surface area contributed by atoms with Crippen molar-refractivity contribution in [1.82, 2.24) is 4.98 Å². The summed E-state index contributed by atoms with van der Waals surface area (Å²) in [7, 11) is 0. The zero-order chi connectivity index (χ0) is 6.69. The van der Waals surface area contributed by atoms with Crippen molar-refractivity contribution in [1.29, 1.82) is 0 Å². The Morgan fingerprint density at radius 3 is 3.00 bits per heavy atom. The monoisotopic (exact) mass is 159 g/mol. The zero-order valence-electron chi connectivity index (χ0n) is 5.55. The van der Waals surface area contributed by atoms with Gasteiger partial charge in [-0.25, -0.2) is 4.98 Å². The molecule has 0 unspecified atom stereocenters. The number of thiazole rings is 1. The molecule has 3 heteroatoms. The lowest BCUT2D eigenvalue weighted by molar-refractivity contribution is 1.24. The van der Waals surface area contributed by atoms with Gasteiger partial charge in [0.1, 0.15) is 4.34 Å². The number of hydrogen-bond donors (Lipinski definition) is 0. The molecule has 1 heterocycles.